The molecule has 1 N–H and O–H groups in total. The van der Waals surface area contributed by atoms with Gasteiger partial charge in [0.2, 0.25) is 5.91 Å². The molecule has 1 aromatic rings. The van der Waals surface area contributed by atoms with Crippen molar-refractivity contribution in [2.24, 2.45) is 13.0 Å². The number of aryl methyl sites for hydroxylation is 2. The van der Waals surface area contributed by atoms with Crippen LogP contribution in [0.1, 0.15) is 50.8 Å². The molecule has 0 aliphatic carbocycles. The molecule has 18 heavy (non-hydrogen) atoms. The van der Waals surface area contributed by atoms with Crippen molar-refractivity contribution in [3.8, 4) is 0 Å². The molecule has 0 saturated heterocycles. The fraction of sp³-hybridized carbons (Fsp3) is 0.714. The van der Waals surface area contributed by atoms with Crippen LogP contribution in [0.25, 0.3) is 0 Å². The Kier molecular flexibility index (Phi) is 5.89. The molecule has 0 bridgehead atoms. The number of carbonyl (C=O) groups excluding carboxylic acids is 1. The highest BCUT2D eigenvalue weighted by atomic mass is 16.1. The number of amides is 1. The largest absolute Gasteiger partial charge is 0.352 e. The predicted octanol–water partition coefficient (Wildman–Crippen LogP) is 2.56. The lowest BCUT2D eigenvalue weighted by molar-refractivity contribution is -0.125. The zero-order chi connectivity index (χ0) is 13.5. The van der Waals surface area contributed by atoms with Gasteiger partial charge in [0.15, 0.2) is 0 Å². The number of rotatable bonds is 7. The lowest BCUT2D eigenvalue weighted by Crippen LogP contribution is -2.30. The van der Waals surface area contributed by atoms with Gasteiger partial charge in [-0.1, -0.05) is 26.7 Å². The minimum atomic E-state index is 0.155. The highest BCUT2D eigenvalue weighted by Crippen LogP contribution is 2.13. The van der Waals surface area contributed by atoms with Gasteiger partial charge in [-0.2, -0.15) is 5.10 Å². The van der Waals surface area contributed by atoms with Crippen LogP contribution in [0.3, 0.4) is 0 Å². The monoisotopic (exact) mass is 251 g/mol. The van der Waals surface area contributed by atoms with Gasteiger partial charge in [0.25, 0.3) is 0 Å². The number of carbonyl (C=O) groups is 1. The van der Waals surface area contributed by atoms with Gasteiger partial charge in [-0.3, -0.25) is 9.48 Å². The molecular weight excluding hydrogens is 226 g/mol. The maximum Gasteiger partial charge on any atom is 0.223 e. The van der Waals surface area contributed by atoms with Crippen molar-refractivity contribution in [1.82, 2.24) is 15.1 Å². The maximum atomic E-state index is 12.0. The van der Waals surface area contributed by atoms with Crippen LogP contribution in [0.15, 0.2) is 6.20 Å². The van der Waals surface area contributed by atoms with E-state index in [0.29, 0.717) is 6.54 Å². The molecule has 0 radical (unpaired) electrons. The number of hydrogen-bond donors (Lipinski definition) is 1. The summed E-state index contributed by atoms with van der Waals surface area (Å²) in [7, 11) is 1.90. The summed E-state index contributed by atoms with van der Waals surface area (Å²) in [6, 6.07) is 0. The third-order valence-corrected chi connectivity index (χ3v) is 3.34. The fourth-order valence-electron chi connectivity index (χ4n) is 2.12. The van der Waals surface area contributed by atoms with Crippen LogP contribution in [-0.4, -0.2) is 15.7 Å². The Hall–Kier alpha value is -1.32. The maximum absolute atomic E-state index is 12.0. The van der Waals surface area contributed by atoms with Gasteiger partial charge in [0.1, 0.15) is 0 Å². The van der Waals surface area contributed by atoms with Crippen LogP contribution in [-0.2, 0) is 18.4 Å². The van der Waals surface area contributed by atoms with E-state index in [1.807, 2.05) is 20.2 Å². The number of aromatic nitrogens is 2. The van der Waals surface area contributed by atoms with Crippen LogP contribution < -0.4 is 5.32 Å². The molecule has 1 atom stereocenters. The van der Waals surface area contributed by atoms with Gasteiger partial charge in [0, 0.05) is 31.3 Å². The zero-order valence-corrected chi connectivity index (χ0v) is 12.0. The molecule has 0 aliphatic heterocycles. The second kappa shape index (κ2) is 7.19. The lowest BCUT2D eigenvalue weighted by atomic mass is 9.98. The van der Waals surface area contributed by atoms with Crippen molar-refractivity contribution >= 4 is 5.91 Å². The fourth-order valence-corrected chi connectivity index (χ4v) is 2.12. The van der Waals surface area contributed by atoms with Crippen LogP contribution in [0.4, 0.5) is 0 Å². The summed E-state index contributed by atoms with van der Waals surface area (Å²) in [5.41, 5.74) is 2.08. The first-order chi connectivity index (χ1) is 8.58. The Morgan fingerprint density at radius 3 is 2.72 bits per heavy atom. The zero-order valence-electron chi connectivity index (χ0n) is 12.0. The molecule has 1 unspecified atom stereocenters. The smallest absolute Gasteiger partial charge is 0.223 e. The molecule has 0 spiro atoms. The molecule has 102 valence electrons. The normalized spacial score (nSPS) is 12.4. The summed E-state index contributed by atoms with van der Waals surface area (Å²) < 4.78 is 1.78. The summed E-state index contributed by atoms with van der Waals surface area (Å²) in [6.07, 6.45) is 6.13. The molecule has 1 amide bonds. The van der Waals surface area contributed by atoms with Crippen LogP contribution in [0, 0.1) is 12.8 Å². The first kappa shape index (κ1) is 14.7. The van der Waals surface area contributed by atoms with Crippen molar-refractivity contribution in [2.75, 3.05) is 0 Å². The van der Waals surface area contributed by atoms with Crippen LogP contribution in [0.2, 0.25) is 0 Å². The van der Waals surface area contributed by atoms with Gasteiger partial charge < -0.3 is 5.32 Å². The van der Waals surface area contributed by atoms with E-state index < -0.39 is 0 Å². The Morgan fingerprint density at radius 2 is 2.22 bits per heavy atom. The van der Waals surface area contributed by atoms with E-state index in [9.17, 15) is 4.79 Å². The van der Waals surface area contributed by atoms with Crippen LogP contribution >= 0.6 is 0 Å². The van der Waals surface area contributed by atoms with Crippen molar-refractivity contribution in [1.29, 1.82) is 0 Å². The average Bonchev–Trinajstić information content (AvgIpc) is 2.66. The third-order valence-electron chi connectivity index (χ3n) is 3.34. The summed E-state index contributed by atoms with van der Waals surface area (Å²) in [6.45, 7) is 6.79. The molecule has 1 aromatic heterocycles. The Morgan fingerprint density at radius 1 is 1.50 bits per heavy atom. The topological polar surface area (TPSA) is 46.9 Å². The summed E-state index contributed by atoms with van der Waals surface area (Å²) in [5.74, 6) is 0.330. The van der Waals surface area contributed by atoms with E-state index in [4.69, 9.17) is 0 Å². The van der Waals surface area contributed by atoms with Gasteiger partial charge >= 0.3 is 0 Å². The highest BCUT2D eigenvalue weighted by molar-refractivity contribution is 5.78. The van der Waals surface area contributed by atoms with E-state index in [2.05, 4.69) is 24.3 Å². The minimum absolute atomic E-state index is 0.155. The molecule has 0 aromatic carbocycles. The summed E-state index contributed by atoms with van der Waals surface area (Å²) >= 11 is 0. The van der Waals surface area contributed by atoms with E-state index in [0.717, 1.165) is 36.9 Å². The van der Waals surface area contributed by atoms with Crippen LogP contribution in [0.5, 0.6) is 0 Å². The molecule has 1 rings (SSSR count). The van der Waals surface area contributed by atoms with Gasteiger partial charge in [-0.15, -0.1) is 0 Å². The standard InChI is InChI=1S/C14H25N3O/c1-5-7-8-12(6-2)14(18)15-9-13-10-17(4)16-11(13)3/h10,12H,5-9H2,1-4H3,(H,15,18). The molecule has 1 heterocycles. The average molecular weight is 251 g/mol. The second-order valence-electron chi connectivity index (χ2n) is 4.88. The molecule has 4 heteroatoms. The highest BCUT2D eigenvalue weighted by Gasteiger charge is 2.15. The number of unbranched alkanes of at least 4 members (excludes halogenated alkanes) is 1. The first-order valence-corrected chi connectivity index (χ1v) is 6.85. The van der Waals surface area contributed by atoms with E-state index in [-0.39, 0.29) is 11.8 Å². The van der Waals surface area contributed by atoms with Gasteiger partial charge in [0.05, 0.1) is 5.69 Å². The predicted molar refractivity (Wildman–Crippen MR) is 73.1 cm³/mol. The first-order valence-electron chi connectivity index (χ1n) is 6.85. The van der Waals surface area contributed by atoms with Crippen molar-refractivity contribution in [2.45, 2.75) is 53.0 Å². The lowest BCUT2D eigenvalue weighted by Gasteiger charge is -2.14. The minimum Gasteiger partial charge on any atom is -0.352 e. The van der Waals surface area contributed by atoms with Crippen molar-refractivity contribution in [3.63, 3.8) is 0 Å². The number of hydrogen-bond acceptors (Lipinski definition) is 2. The number of nitrogens with one attached hydrogen (secondary N) is 1. The molecule has 0 aliphatic rings. The number of nitrogens with zero attached hydrogens (tertiary/aromatic N) is 2. The second-order valence-corrected chi connectivity index (χ2v) is 4.88. The van der Waals surface area contributed by atoms with Crippen molar-refractivity contribution in [3.05, 3.63) is 17.5 Å². The quantitative estimate of drug-likeness (QED) is 0.809. The van der Waals surface area contributed by atoms with E-state index in [1.54, 1.807) is 4.68 Å². The summed E-state index contributed by atoms with van der Waals surface area (Å²) in [5, 5.41) is 7.29. The molecular formula is C14H25N3O. The Bertz CT molecular complexity index is 384. The SMILES string of the molecule is CCCCC(CC)C(=O)NCc1cn(C)nc1C. The Labute approximate surface area is 110 Å². The van der Waals surface area contributed by atoms with Gasteiger partial charge in [-0.25, -0.2) is 0 Å². The summed E-state index contributed by atoms with van der Waals surface area (Å²) in [4.78, 5) is 12.0. The van der Waals surface area contributed by atoms with E-state index in [1.165, 1.54) is 0 Å². The third kappa shape index (κ3) is 4.17. The Balaban J connectivity index is 2.46. The van der Waals surface area contributed by atoms with Crippen molar-refractivity contribution < 1.29 is 4.79 Å². The van der Waals surface area contributed by atoms with Gasteiger partial charge in [-0.05, 0) is 19.8 Å². The molecule has 0 fully saturated rings. The molecule has 0 saturated carbocycles. The molecule has 4 nitrogen and oxygen atoms in total. The van der Waals surface area contributed by atoms with E-state index >= 15 is 0 Å².